The molecule has 1 aromatic rings. The molecule has 0 amide bonds. The van der Waals surface area contributed by atoms with Crippen molar-refractivity contribution >= 4 is 0 Å². The summed E-state index contributed by atoms with van der Waals surface area (Å²) >= 11 is 0. The van der Waals surface area contributed by atoms with Crippen LogP contribution in [0.2, 0.25) is 0 Å². The van der Waals surface area contributed by atoms with Gasteiger partial charge in [-0.05, 0) is 44.1 Å². The monoisotopic (exact) mass is 232 g/mol. The van der Waals surface area contributed by atoms with Gasteiger partial charge >= 0.3 is 0 Å². The Bertz CT molecular complexity index is 322. The van der Waals surface area contributed by atoms with E-state index in [4.69, 9.17) is 0 Å². The summed E-state index contributed by atoms with van der Waals surface area (Å²) < 4.78 is 0. The lowest BCUT2D eigenvalue weighted by Gasteiger charge is -2.26. The van der Waals surface area contributed by atoms with Crippen LogP contribution in [-0.4, -0.2) is 11.2 Å². The van der Waals surface area contributed by atoms with Crippen molar-refractivity contribution in [3.8, 4) is 0 Å². The van der Waals surface area contributed by atoms with Crippen molar-refractivity contribution in [1.29, 1.82) is 0 Å². The zero-order chi connectivity index (χ0) is 12.1. The van der Waals surface area contributed by atoms with Crippen molar-refractivity contribution in [3.05, 3.63) is 35.4 Å². The fraction of sp³-hybridized carbons (Fsp3) is 0.625. The summed E-state index contributed by atoms with van der Waals surface area (Å²) in [7, 11) is 0. The van der Waals surface area contributed by atoms with Gasteiger partial charge in [-0.3, -0.25) is 0 Å². The molecule has 1 aliphatic rings. The number of rotatable bonds is 4. The summed E-state index contributed by atoms with van der Waals surface area (Å²) in [6, 6.07) is 8.68. The van der Waals surface area contributed by atoms with Crippen LogP contribution in [0.1, 0.15) is 49.7 Å². The van der Waals surface area contributed by atoms with Crippen LogP contribution in [0.15, 0.2) is 24.3 Å². The highest BCUT2D eigenvalue weighted by atomic mass is 16.3. The first-order valence-corrected chi connectivity index (χ1v) is 6.99. The van der Waals surface area contributed by atoms with E-state index in [1.54, 1.807) is 0 Å². The molecule has 0 aromatic heterocycles. The molecule has 0 bridgehead atoms. The zero-order valence-corrected chi connectivity index (χ0v) is 10.9. The minimum atomic E-state index is -0.0865. The SMILES string of the molecule is Cc1ccc(CCC(O)C2CCCCC2)cc1. The largest absolute Gasteiger partial charge is 0.393 e. The minimum absolute atomic E-state index is 0.0865. The van der Waals surface area contributed by atoms with E-state index in [0.29, 0.717) is 5.92 Å². The maximum Gasteiger partial charge on any atom is 0.0571 e. The molecule has 1 N–H and O–H groups in total. The van der Waals surface area contributed by atoms with Crippen molar-refractivity contribution in [2.75, 3.05) is 0 Å². The Kier molecular flexibility index (Phi) is 4.61. The van der Waals surface area contributed by atoms with Crippen molar-refractivity contribution in [2.24, 2.45) is 5.92 Å². The molecule has 94 valence electrons. The minimum Gasteiger partial charge on any atom is -0.393 e. The van der Waals surface area contributed by atoms with Crippen molar-refractivity contribution in [2.45, 2.75) is 58.0 Å². The first kappa shape index (κ1) is 12.6. The van der Waals surface area contributed by atoms with Crippen molar-refractivity contribution in [1.82, 2.24) is 0 Å². The normalized spacial score (nSPS) is 19.2. The molecule has 0 aliphatic heterocycles. The van der Waals surface area contributed by atoms with E-state index in [9.17, 15) is 5.11 Å². The van der Waals surface area contributed by atoms with Crippen LogP contribution in [0.5, 0.6) is 0 Å². The van der Waals surface area contributed by atoms with Crippen molar-refractivity contribution < 1.29 is 5.11 Å². The fourth-order valence-corrected chi connectivity index (χ4v) is 2.82. The number of aliphatic hydroxyl groups excluding tert-OH is 1. The molecule has 1 unspecified atom stereocenters. The first-order chi connectivity index (χ1) is 8.25. The lowest BCUT2D eigenvalue weighted by Crippen LogP contribution is -2.23. The molecule has 1 saturated carbocycles. The third kappa shape index (κ3) is 3.85. The lowest BCUT2D eigenvalue weighted by atomic mass is 9.83. The maximum atomic E-state index is 10.2. The Labute approximate surface area is 105 Å². The molecule has 1 atom stereocenters. The van der Waals surface area contributed by atoms with Gasteiger partial charge in [0.05, 0.1) is 6.10 Å². The number of hydrogen-bond donors (Lipinski definition) is 1. The molecule has 0 heterocycles. The highest BCUT2D eigenvalue weighted by Crippen LogP contribution is 2.28. The van der Waals surface area contributed by atoms with Gasteiger partial charge in [0.1, 0.15) is 0 Å². The fourth-order valence-electron chi connectivity index (χ4n) is 2.82. The van der Waals surface area contributed by atoms with Gasteiger partial charge in [-0.25, -0.2) is 0 Å². The Hall–Kier alpha value is -0.820. The number of aliphatic hydroxyl groups is 1. The van der Waals surface area contributed by atoms with Gasteiger partial charge in [0.15, 0.2) is 0 Å². The van der Waals surface area contributed by atoms with Crippen LogP contribution in [0.3, 0.4) is 0 Å². The van der Waals surface area contributed by atoms with Crippen LogP contribution in [0.25, 0.3) is 0 Å². The Morgan fingerprint density at radius 1 is 1.12 bits per heavy atom. The molecular formula is C16H24O. The quantitative estimate of drug-likeness (QED) is 0.835. The van der Waals surface area contributed by atoms with Crippen LogP contribution in [-0.2, 0) is 6.42 Å². The molecule has 0 saturated heterocycles. The Morgan fingerprint density at radius 2 is 1.76 bits per heavy atom. The molecule has 0 radical (unpaired) electrons. The van der Waals surface area contributed by atoms with E-state index < -0.39 is 0 Å². The molecular weight excluding hydrogens is 208 g/mol. The molecule has 2 rings (SSSR count). The molecule has 1 fully saturated rings. The second-order valence-electron chi connectivity index (χ2n) is 5.49. The number of benzene rings is 1. The van der Waals surface area contributed by atoms with E-state index in [1.165, 1.54) is 43.2 Å². The predicted octanol–water partition coefficient (Wildman–Crippen LogP) is 3.87. The van der Waals surface area contributed by atoms with Gasteiger partial charge in [0, 0.05) is 0 Å². The Balaban J connectivity index is 1.78. The summed E-state index contributed by atoms with van der Waals surface area (Å²) in [4.78, 5) is 0. The molecule has 1 aliphatic carbocycles. The van der Waals surface area contributed by atoms with Crippen molar-refractivity contribution in [3.63, 3.8) is 0 Å². The van der Waals surface area contributed by atoms with E-state index in [2.05, 4.69) is 31.2 Å². The zero-order valence-electron chi connectivity index (χ0n) is 10.9. The van der Waals surface area contributed by atoms with Gasteiger partial charge in [-0.2, -0.15) is 0 Å². The van der Waals surface area contributed by atoms with E-state index >= 15 is 0 Å². The van der Waals surface area contributed by atoms with E-state index in [0.717, 1.165) is 12.8 Å². The number of aryl methyl sites for hydroxylation is 2. The summed E-state index contributed by atoms with van der Waals surface area (Å²) in [6.45, 7) is 2.11. The molecule has 1 aromatic carbocycles. The average molecular weight is 232 g/mol. The average Bonchev–Trinajstić information content (AvgIpc) is 2.39. The van der Waals surface area contributed by atoms with Crippen LogP contribution < -0.4 is 0 Å². The highest BCUT2D eigenvalue weighted by Gasteiger charge is 2.21. The standard InChI is InChI=1S/C16H24O/c1-13-7-9-14(10-8-13)11-12-16(17)15-5-3-2-4-6-15/h7-10,15-17H,2-6,11-12H2,1H3. The van der Waals surface area contributed by atoms with Gasteiger partial charge < -0.3 is 5.11 Å². The van der Waals surface area contributed by atoms with Gasteiger partial charge in [0.2, 0.25) is 0 Å². The molecule has 1 heteroatoms. The third-order valence-corrected chi connectivity index (χ3v) is 4.04. The lowest BCUT2D eigenvalue weighted by molar-refractivity contribution is 0.0775. The van der Waals surface area contributed by atoms with Crippen LogP contribution >= 0.6 is 0 Å². The van der Waals surface area contributed by atoms with Gasteiger partial charge in [0.25, 0.3) is 0 Å². The first-order valence-electron chi connectivity index (χ1n) is 6.99. The summed E-state index contributed by atoms with van der Waals surface area (Å²) in [5.74, 6) is 0.564. The van der Waals surface area contributed by atoms with Gasteiger partial charge in [-0.1, -0.05) is 49.1 Å². The van der Waals surface area contributed by atoms with E-state index in [1.807, 2.05) is 0 Å². The third-order valence-electron chi connectivity index (χ3n) is 4.04. The predicted molar refractivity (Wildman–Crippen MR) is 72.1 cm³/mol. The smallest absolute Gasteiger partial charge is 0.0571 e. The summed E-state index contributed by atoms with van der Waals surface area (Å²) in [6.07, 6.45) is 8.30. The van der Waals surface area contributed by atoms with E-state index in [-0.39, 0.29) is 6.10 Å². The summed E-state index contributed by atoms with van der Waals surface area (Å²) in [5, 5.41) is 10.2. The molecule has 17 heavy (non-hydrogen) atoms. The van der Waals surface area contributed by atoms with Crippen LogP contribution in [0.4, 0.5) is 0 Å². The van der Waals surface area contributed by atoms with Gasteiger partial charge in [-0.15, -0.1) is 0 Å². The second-order valence-corrected chi connectivity index (χ2v) is 5.49. The highest BCUT2D eigenvalue weighted by molar-refractivity contribution is 5.21. The molecule has 0 spiro atoms. The Morgan fingerprint density at radius 3 is 2.41 bits per heavy atom. The van der Waals surface area contributed by atoms with Crippen LogP contribution in [0, 0.1) is 12.8 Å². The summed E-state index contributed by atoms with van der Waals surface area (Å²) in [5.41, 5.74) is 2.66. The second kappa shape index (κ2) is 6.20. The topological polar surface area (TPSA) is 20.2 Å². The maximum absolute atomic E-state index is 10.2. The number of hydrogen-bond acceptors (Lipinski definition) is 1. The molecule has 1 nitrogen and oxygen atoms in total.